The predicted molar refractivity (Wildman–Crippen MR) is 69.1 cm³/mol. The van der Waals surface area contributed by atoms with E-state index in [2.05, 4.69) is 23.4 Å². The topological polar surface area (TPSA) is 50.9 Å². The van der Waals surface area contributed by atoms with Gasteiger partial charge in [0.1, 0.15) is 0 Å². The molecule has 88 valence electrons. The summed E-state index contributed by atoms with van der Waals surface area (Å²) in [4.78, 5) is 4.24. The van der Waals surface area contributed by atoms with E-state index in [-0.39, 0.29) is 6.04 Å². The Morgan fingerprint density at radius 3 is 3.00 bits per heavy atom. The van der Waals surface area contributed by atoms with Crippen molar-refractivity contribution in [2.75, 3.05) is 5.75 Å². The van der Waals surface area contributed by atoms with Gasteiger partial charge in [-0.3, -0.25) is 16.3 Å². The number of hydrogen-bond acceptors (Lipinski definition) is 4. The molecule has 16 heavy (non-hydrogen) atoms. The summed E-state index contributed by atoms with van der Waals surface area (Å²) < 4.78 is 0. The molecule has 3 N–H and O–H groups in total. The van der Waals surface area contributed by atoms with Crippen molar-refractivity contribution >= 4 is 11.8 Å². The van der Waals surface area contributed by atoms with Gasteiger partial charge >= 0.3 is 0 Å². The molecule has 4 heteroatoms. The van der Waals surface area contributed by atoms with Gasteiger partial charge in [-0.15, -0.1) is 0 Å². The van der Waals surface area contributed by atoms with E-state index in [1.54, 1.807) is 0 Å². The fraction of sp³-hybridized carbons (Fsp3) is 0.583. The molecule has 1 fully saturated rings. The molecule has 0 bridgehead atoms. The SMILES string of the molecule is Cc1cncc(C(NN)C2CCCCS2)c1. The molecule has 2 heterocycles. The Morgan fingerprint density at radius 2 is 2.38 bits per heavy atom. The van der Waals surface area contributed by atoms with Crippen molar-refractivity contribution in [2.45, 2.75) is 37.5 Å². The third-order valence-electron chi connectivity index (χ3n) is 3.02. The van der Waals surface area contributed by atoms with Gasteiger partial charge in [-0.05, 0) is 36.6 Å². The second-order valence-electron chi connectivity index (χ2n) is 4.34. The third-order valence-corrected chi connectivity index (χ3v) is 4.48. The zero-order chi connectivity index (χ0) is 11.4. The number of pyridine rings is 1. The van der Waals surface area contributed by atoms with Crippen molar-refractivity contribution < 1.29 is 0 Å². The highest BCUT2D eigenvalue weighted by molar-refractivity contribution is 8.00. The van der Waals surface area contributed by atoms with Gasteiger partial charge in [0.25, 0.3) is 0 Å². The molecule has 0 aromatic carbocycles. The fourth-order valence-corrected chi connectivity index (χ4v) is 3.63. The van der Waals surface area contributed by atoms with E-state index in [9.17, 15) is 0 Å². The molecule has 2 unspecified atom stereocenters. The Hall–Kier alpha value is -0.580. The standard InChI is InChI=1S/C12H19N3S/c1-9-6-10(8-14-7-9)12(15-13)11-4-2-3-5-16-11/h6-8,11-12,15H,2-5,13H2,1H3. The van der Waals surface area contributed by atoms with E-state index in [0.29, 0.717) is 5.25 Å². The molecule has 0 radical (unpaired) electrons. The van der Waals surface area contributed by atoms with Crippen LogP contribution in [-0.4, -0.2) is 16.0 Å². The van der Waals surface area contributed by atoms with E-state index in [1.165, 1.54) is 36.1 Å². The summed E-state index contributed by atoms with van der Waals surface area (Å²) in [5.74, 6) is 6.95. The molecule has 1 saturated heterocycles. The molecule has 0 amide bonds. The third kappa shape index (κ3) is 2.75. The first kappa shape index (κ1) is 11.9. The summed E-state index contributed by atoms with van der Waals surface area (Å²) in [6, 6.07) is 2.41. The predicted octanol–water partition coefficient (Wildman–Crippen LogP) is 2.18. The minimum atomic E-state index is 0.234. The zero-order valence-corrected chi connectivity index (χ0v) is 10.5. The summed E-state index contributed by atoms with van der Waals surface area (Å²) in [7, 11) is 0. The molecule has 1 aromatic rings. The Kier molecular flexibility index (Phi) is 4.21. The van der Waals surface area contributed by atoms with E-state index in [1.807, 2.05) is 24.2 Å². The molecular formula is C12H19N3S. The summed E-state index contributed by atoms with van der Waals surface area (Å²) in [6.07, 6.45) is 7.70. The van der Waals surface area contributed by atoms with Gasteiger partial charge < -0.3 is 0 Å². The average Bonchev–Trinajstić information content (AvgIpc) is 2.31. The van der Waals surface area contributed by atoms with Gasteiger partial charge in [0.15, 0.2) is 0 Å². The Bertz CT molecular complexity index is 337. The number of hydrazine groups is 1. The van der Waals surface area contributed by atoms with Gasteiger partial charge in [0.05, 0.1) is 6.04 Å². The molecule has 0 spiro atoms. The molecule has 2 rings (SSSR count). The number of rotatable bonds is 3. The average molecular weight is 237 g/mol. The molecule has 1 aliphatic rings. The molecular weight excluding hydrogens is 218 g/mol. The number of aromatic nitrogens is 1. The van der Waals surface area contributed by atoms with Crippen molar-refractivity contribution in [3.63, 3.8) is 0 Å². The smallest absolute Gasteiger partial charge is 0.0593 e. The van der Waals surface area contributed by atoms with Crippen LogP contribution in [-0.2, 0) is 0 Å². The summed E-state index contributed by atoms with van der Waals surface area (Å²) in [5, 5.41) is 0.586. The number of nitrogens with one attached hydrogen (secondary N) is 1. The highest BCUT2D eigenvalue weighted by atomic mass is 32.2. The number of hydrogen-bond donors (Lipinski definition) is 2. The normalized spacial score (nSPS) is 23.0. The molecule has 2 atom stereocenters. The summed E-state index contributed by atoms with van der Waals surface area (Å²) in [5.41, 5.74) is 5.36. The van der Waals surface area contributed by atoms with E-state index < -0.39 is 0 Å². The minimum Gasteiger partial charge on any atom is -0.271 e. The van der Waals surface area contributed by atoms with Crippen LogP contribution in [0.5, 0.6) is 0 Å². The first-order valence-corrected chi connectivity index (χ1v) is 6.85. The number of nitrogens with zero attached hydrogens (tertiary/aromatic N) is 1. The van der Waals surface area contributed by atoms with Crippen LogP contribution < -0.4 is 11.3 Å². The maximum absolute atomic E-state index is 5.69. The Balaban J connectivity index is 2.14. The van der Waals surface area contributed by atoms with Crippen LogP contribution in [0.2, 0.25) is 0 Å². The van der Waals surface area contributed by atoms with Crippen LogP contribution in [0.25, 0.3) is 0 Å². The van der Waals surface area contributed by atoms with Crippen LogP contribution in [0, 0.1) is 6.92 Å². The molecule has 3 nitrogen and oxygen atoms in total. The van der Waals surface area contributed by atoms with Crippen LogP contribution in [0.1, 0.15) is 36.4 Å². The van der Waals surface area contributed by atoms with Crippen LogP contribution in [0.3, 0.4) is 0 Å². The zero-order valence-electron chi connectivity index (χ0n) is 9.65. The highest BCUT2D eigenvalue weighted by Crippen LogP contribution is 2.34. The lowest BCUT2D eigenvalue weighted by Gasteiger charge is -2.29. The first-order valence-electron chi connectivity index (χ1n) is 5.80. The van der Waals surface area contributed by atoms with Crippen molar-refractivity contribution in [1.82, 2.24) is 10.4 Å². The number of aryl methyl sites for hydroxylation is 1. The van der Waals surface area contributed by atoms with E-state index in [4.69, 9.17) is 5.84 Å². The largest absolute Gasteiger partial charge is 0.271 e. The second-order valence-corrected chi connectivity index (χ2v) is 5.69. The van der Waals surface area contributed by atoms with Crippen molar-refractivity contribution in [3.05, 3.63) is 29.6 Å². The van der Waals surface area contributed by atoms with Crippen molar-refractivity contribution in [1.29, 1.82) is 0 Å². The van der Waals surface area contributed by atoms with E-state index >= 15 is 0 Å². The molecule has 1 aromatic heterocycles. The maximum atomic E-state index is 5.69. The maximum Gasteiger partial charge on any atom is 0.0593 e. The van der Waals surface area contributed by atoms with Crippen molar-refractivity contribution in [3.8, 4) is 0 Å². The fourth-order valence-electron chi connectivity index (χ4n) is 2.20. The van der Waals surface area contributed by atoms with Gasteiger partial charge in [0, 0.05) is 17.6 Å². The molecule has 1 aliphatic heterocycles. The van der Waals surface area contributed by atoms with Gasteiger partial charge in [-0.25, -0.2) is 0 Å². The van der Waals surface area contributed by atoms with Crippen molar-refractivity contribution in [2.24, 2.45) is 5.84 Å². The van der Waals surface area contributed by atoms with Gasteiger partial charge in [-0.1, -0.05) is 12.5 Å². The van der Waals surface area contributed by atoms with Crippen LogP contribution in [0.4, 0.5) is 0 Å². The summed E-state index contributed by atoms with van der Waals surface area (Å²) >= 11 is 2.03. The summed E-state index contributed by atoms with van der Waals surface area (Å²) in [6.45, 7) is 2.07. The molecule has 0 saturated carbocycles. The van der Waals surface area contributed by atoms with Gasteiger partial charge in [-0.2, -0.15) is 11.8 Å². The Labute approximate surface area is 101 Å². The van der Waals surface area contributed by atoms with Gasteiger partial charge in [0.2, 0.25) is 0 Å². The minimum absolute atomic E-state index is 0.234. The van der Waals surface area contributed by atoms with E-state index in [0.717, 1.165) is 0 Å². The monoisotopic (exact) mass is 237 g/mol. The quantitative estimate of drug-likeness (QED) is 0.625. The number of thioether (sulfide) groups is 1. The lowest BCUT2D eigenvalue weighted by molar-refractivity contribution is 0.490. The molecule has 0 aliphatic carbocycles. The van der Waals surface area contributed by atoms with Crippen LogP contribution in [0.15, 0.2) is 18.5 Å². The highest BCUT2D eigenvalue weighted by Gasteiger charge is 2.24. The first-order chi connectivity index (χ1) is 7.81. The second kappa shape index (κ2) is 5.66. The lowest BCUT2D eigenvalue weighted by atomic mass is 10.0. The number of nitrogens with two attached hydrogens (primary N) is 1. The van der Waals surface area contributed by atoms with Crippen LogP contribution >= 0.6 is 11.8 Å². The Morgan fingerprint density at radius 1 is 1.50 bits per heavy atom. The lowest BCUT2D eigenvalue weighted by Crippen LogP contribution is -2.36.